The molecule has 0 fully saturated rings. The minimum atomic E-state index is -0.777. The Bertz CT molecular complexity index is 1460. The Balaban J connectivity index is 3.40. The summed E-state index contributed by atoms with van der Waals surface area (Å²) in [6, 6.07) is 0. The van der Waals surface area contributed by atoms with Gasteiger partial charge < -0.3 is 14.6 Å². The molecule has 0 rings (SSSR count). The highest BCUT2D eigenvalue weighted by Gasteiger charge is 2.16. The standard InChI is InChI=1S/C73H128O5/c1-3-5-7-9-11-13-15-17-19-21-23-25-27-28-29-30-31-32-33-34-35-36-37-38-39-40-41-42-43-44-46-48-50-52-54-56-58-60-62-64-66-68-73(76)78-71(69-74)70-77-72(75)67-65-63-61-59-57-55-53-51-49-47-45-26-24-22-20-18-16-14-12-10-8-6-4-2/h5-8,11-14,17-20,23-26,71,74H,3-4,9-10,15-16,21-22,27-70H2,1-2H3/b7-5-,8-6-,13-11-,14-12-,19-17-,20-18-,25-23-,26-24-. The molecule has 0 radical (unpaired) electrons. The highest BCUT2D eigenvalue weighted by atomic mass is 16.6. The topological polar surface area (TPSA) is 72.8 Å². The fraction of sp³-hybridized carbons (Fsp3) is 0.753. The van der Waals surface area contributed by atoms with E-state index in [4.69, 9.17) is 9.47 Å². The number of carbonyl (C=O) groups is 2. The molecule has 0 aliphatic heterocycles. The smallest absolute Gasteiger partial charge is 0.306 e. The van der Waals surface area contributed by atoms with Crippen LogP contribution in [0.15, 0.2) is 97.2 Å². The van der Waals surface area contributed by atoms with Crippen molar-refractivity contribution in [2.45, 2.75) is 341 Å². The predicted molar refractivity (Wildman–Crippen MR) is 343 cm³/mol. The maximum atomic E-state index is 12.4. The molecule has 0 bridgehead atoms. The Kier molecular flexibility index (Phi) is 65.3. The fourth-order valence-electron chi connectivity index (χ4n) is 9.90. The van der Waals surface area contributed by atoms with Gasteiger partial charge in [0.05, 0.1) is 6.61 Å². The van der Waals surface area contributed by atoms with Crippen LogP contribution in [0.2, 0.25) is 0 Å². The summed E-state index contributed by atoms with van der Waals surface area (Å²) in [7, 11) is 0. The van der Waals surface area contributed by atoms with Gasteiger partial charge in [-0.05, 0) is 89.9 Å². The predicted octanol–water partition coefficient (Wildman–Crippen LogP) is 23.4. The van der Waals surface area contributed by atoms with E-state index in [2.05, 4.69) is 111 Å². The minimum absolute atomic E-state index is 0.0677. The molecule has 0 spiro atoms. The van der Waals surface area contributed by atoms with Crippen LogP contribution in [0, 0.1) is 0 Å². The van der Waals surface area contributed by atoms with Crippen LogP contribution in [0.25, 0.3) is 0 Å². The molecule has 0 saturated carbocycles. The SMILES string of the molecule is CC/C=C\C/C=C\C/C=C\C/C=C\CCCCCCCCCCCCCCCCCCCCCCCCCCCCCCC(=O)OC(CO)COC(=O)CCCCCCCCCCCC/C=C\C/C=C\C/C=C\C/C=C\CC. The van der Waals surface area contributed by atoms with E-state index in [0.717, 1.165) is 89.9 Å². The molecule has 5 nitrogen and oxygen atoms in total. The monoisotopic (exact) mass is 1080 g/mol. The van der Waals surface area contributed by atoms with Crippen molar-refractivity contribution in [3.05, 3.63) is 97.2 Å². The van der Waals surface area contributed by atoms with E-state index in [9.17, 15) is 14.7 Å². The molecule has 0 heterocycles. The molecule has 1 unspecified atom stereocenters. The van der Waals surface area contributed by atoms with Gasteiger partial charge in [0.1, 0.15) is 6.61 Å². The van der Waals surface area contributed by atoms with Gasteiger partial charge in [-0.25, -0.2) is 0 Å². The highest BCUT2D eigenvalue weighted by Crippen LogP contribution is 2.18. The lowest BCUT2D eigenvalue weighted by molar-refractivity contribution is -0.161. The molecule has 5 heteroatoms. The van der Waals surface area contributed by atoms with Crippen LogP contribution < -0.4 is 0 Å². The van der Waals surface area contributed by atoms with Gasteiger partial charge in [-0.15, -0.1) is 0 Å². The summed E-state index contributed by atoms with van der Waals surface area (Å²) >= 11 is 0. The molecule has 0 aliphatic carbocycles. The number of esters is 2. The van der Waals surface area contributed by atoms with Crippen molar-refractivity contribution in [3.8, 4) is 0 Å². The first-order chi connectivity index (χ1) is 38.6. The molecule has 0 aromatic rings. The number of ether oxygens (including phenoxy) is 2. The molecule has 78 heavy (non-hydrogen) atoms. The Morgan fingerprint density at radius 1 is 0.295 bits per heavy atom. The maximum Gasteiger partial charge on any atom is 0.306 e. The van der Waals surface area contributed by atoms with Gasteiger partial charge in [0.25, 0.3) is 0 Å². The number of rotatable bonds is 62. The van der Waals surface area contributed by atoms with Crippen LogP contribution in [0.4, 0.5) is 0 Å². The summed E-state index contributed by atoms with van der Waals surface area (Å²) in [5.74, 6) is -0.583. The Morgan fingerprint density at radius 2 is 0.513 bits per heavy atom. The Labute approximate surface area is 485 Å². The van der Waals surface area contributed by atoms with Crippen molar-refractivity contribution >= 4 is 11.9 Å². The van der Waals surface area contributed by atoms with Crippen molar-refractivity contribution in [3.63, 3.8) is 0 Å². The number of hydrogen-bond donors (Lipinski definition) is 1. The summed E-state index contributed by atoms with van der Waals surface area (Å²) in [6.45, 7) is 3.94. The first-order valence-corrected chi connectivity index (χ1v) is 33.8. The minimum Gasteiger partial charge on any atom is -0.462 e. The number of allylic oxidation sites excluding steroid dienone is 16. The van der Waals surface area contributed by atoms with Crippen molar-refractivity contribution in [2.75, 3.05) is 13.2 Å². The summed E-state index contributed by atoms with van der Waals surface area (Å²) in [5, 5.41) is 9.69. The van der Waals surface area contributed by atoms with Crippen molar-refractivity contribution in [2.24, 2.45) is 0 Å². The van der Waals surface area contributed by atoms with E-state index in [1.54, 1.807) is 0 Å². The number of unbranched alkanes of at least 4 members (excludes halogenated alkanes) is 38. The maximum absolute atomic E-state index is 12.4. The third-order valence-corrected chi connectivity index (χ3v) is 14.9. The van der Waals surface area contributed by atoms with Crippen molar-refractivity contribution in [1.29, 1.82) is 0 Å². The second-order valence-corrected chi connectivity index (χ2v) is 22.5. The summed E-state index contributed by atoms with van der Waals surface area (Å²) in [4.78, 5) is 24.6. The Hall–Kier alpha value is -3.18. The zero-order valence-electron chi connectivity index (χ0n) is 51.7. The zero-order chi connectivity index (χ0) is 56.2. The third-order valence-electron chi connectivity index (χ3n) is 14.9. The zero-order valence-corrected chi connectivity index (χ0v) is 51.7. The fourth-order valence-corrected chi connectivity index (χ4v) is 9.90. The first kappa shape index (κ1) is 74.8. The number of hydrogen-bond acceptors (Lipinski definition) is 5. The quantitative estimate of drug-likeness (QED) is 0.0373. The summed E-state index contributed by atoms with van der Waals surface area (Å²) < 4.78 is 10.7. The molecule has 450 valence electrons. The van der Waals surface area contributed by atoms with Crippen LogP contribution in [-0.4, -0.2) is 36.4 Å². The van der Waals surface area contributed by atoms with Crippen LogP contribution in [-0.2, 0) is 19.1 Å². The summed E-state index contributed by atoms with van der Waals surface area (Å²) in [5.41, 5.74) is 0. The number of aliphatic hydroxyl groups excluding tert-OH is 1. The van der Waals surface area contributed by atoms with Crippen LogP contribution in [0.3, 0.4) is 0 Å². The van der Waals surface area contributed by atoms with Gasteiger partial charge >= 0.3 is 11.9 Å². The molecule has 0 aromatic heterocycles. The van der Waals surface area contributed by atoms with E-state index < -0.39 is 6.10 Å². The molecule has 1 N–H and O–H groups in total. The average molecular weight is 1090 g/mol. The number of aliphatic hydroxyl groups is 1. The van der Waals surface area contributed by atoms with Gasteiger partial charge in [0, 0.05) is 12.8 Å². The lowest BCUT2D eigenvalue weighted by atomic mass is 10.0. The summed E-state index contributed by atoms with van der Waals surface area (Å²) in [6.07, 6.45) is 97.3. The lowest BCUT2D eigenvalue weighted by Gasteiger charge is -2.15. The highest BCUT2D eigenvalue weighted by molar-refractivity contribution is 5.70. The lowest BCUT2D eigenvalue weighted by Crippen LogP contribution is -2.28. The van der Waals surface area contributed by atoms with E-state index in [-0.39, 0.29) is 25.2 Å². The molecule has 1 atom stereocenters. The van der Waals surface area contributed by atoms with E-state index in [1.807, 2.05) is 0 Å². The second-order valence-electron chi connectivity index (χ2n) is 22.5. The van der Waals surface area contributed by atoms with Gasteiger partial charge in [-0.2, -0.15) is 0 Å². The largest absolute Gasteiger partial charge is 0.462 e. The second kappa shape index (κ2) is 68.1. The average Bonchev–Trinajstić information content (AvgIpc) is 3.44. The molecule has 0 saturated heterocycles. The van der Waals surface area contributed by atoms with Crippen LogP contribution in [0.5, 0.6) is 0 Å². The van der Waals surface area contributed by atoms with Gasteiger partial charge in [-0.1, -0.05) is 329 Å². The third kappa shape index (κ3) is 65.3. The van der Waals surface area contributed by atoms with Gasteiger partial charge in [0.15, 0.2) is 6.10 Å². The van der Waals surface area contributed by atoms with E-state index in [1.165, 1.54) is 218 Å². The normalized spacial score (nSPS) is 12.8. The van der Waals surface area contributed by atoms with Gasteiger partial charge in [-0.3, -0.25) is 9.59 Å². The number of carbonyl (C=O) groups excluding carboxylic acids is 2. The molecule has 0 amide bonds. The van der Waals surface area contributed by atoms with Crippen LogP contribution >= 0.6 is 0 Å². The molecule has 0 aromatic carbocycles. The van der Waals surface area contributed by atoms with Gasteiger partial charge in [0.2, 0.25) is 0 Å². The molecular formula is C73H128O5. The van der Waals surface area contributed by atoms with Crippen molar-refractivity contribution in [1.82, 2.24) is 0 Å². The first-order valence-electron chi connectivity index (χ1n) is 33.8. The Morgan fingerprint density at radius 3 is 0.769 bits per heavy atom. The van der Waals surface area contributed by atoms with Crippen molar-refractivity contribution < 1.29 is 24.2 Å². The van der Waals surface area contributed by atoms with Crippen LogP contribution in [0.1, 0.15) is 335 Å². The van der Waals surface area contributed by atoms with E-state index in [0.29, 0.717) is 12.8 Å². The molecular weight excluding hydrogens is 957 g/mol. The van der Waals surface area contributed by atoms with E-state index >= 15 is 0 Å². The molecule has 0 aliphatic rings.